The first-order valence-corrected chi connectivity index (χ1v) is 8.88. The van der Waals surface area contributed by atoms with Crippen molar-refractivity contribution in [2.75, 3.05) is 26.7 Å². The van der Waals surface area contributed by atoms with Gasteiger partial charge in [-0.25, -0.2) is 0 Å². The van der Waals surface area contributed by atoms with Gasteiger partial charge in [0.2, 0.25) is 0 Å². The number of ether oxygens (including phenoxy) is 1. The molecule has 1 aromatic carbocycles. The molecule has 2 atom stereocenters. The Morgan fingerprint density at radius 1 is 1.29 bits per heavy atom. The van der Waals surface area contributed by atoms with E-state index >= 15 is 0 Å². The van der Waals surface area contributed by atoms with Crippen molar-refractivity contribution >= 4 is 29.9 Å². The largest absolute Gasteiger partial charge is 0.378 e. The predicted octanol–water partition coefficient (Wildman–Crippen LogP) is 3.55. The minimum atomic E-state index is 0. The van der Waals surface area contributed by atoms with Crippen molar-refractivity contribution in [3.05, 3.63) is 35.4 Å². The van der Waals surface area contributed by atoms with E-state index in [9.17, 15) is 0 Å². The van der Waals surface area contributed by atoms with Crippen LogP contribution in [0.4, 0.5) is 0 Å². The minimum absolute atomic E-state index is 0. The number of piperidine rings is 1. The van der Waals surface area contributed by atoms with Crippen LogP contribution in [0.3, 0.4) is 0 Å². The number of halogens is 1. The van der Waals surface area contributed by atoms with Crippen molar-refractivity contribution in [3.8, 4) is 0 Å². The van der Waals surface area contributed by atoms with Gasteiger partial charge in [0.05, 0.1) is 6.10 Å². The molecular formula is C19H30IN3O. The molecule has 0 aromatic heterocycles. The third kappa shape index (κ3) is 4.63. The maximum atomic E-state index is 5.74. The van der Waals surface area contributed by atoms with Gasteiger partial charge in [-0.3, -0.25) is 4.99 Å². The number of aliphatic imine (C=N–C) groups is 1. The van der Waals surface area contributed by atoms with E-state index < -0.39 is 0 Å². The molecule has 1 saturated heterocycles. The molecule has 0 bridgehead atoms. The molecule has 0 amide bonds. The summed E-state index contributed by atoms with van der Waals surface area (Å²) in [7, 11) is 1.89. The highest BCUT2D eigenvalue weighted by Gasteiger charge is 2.40. The number of nitrogens with zero attached hydrogens (tertiary/aromatic N) is 2. The quantitative estimate of drug-likeness (QED) is 0.440. The SMILES string of the molecule is CCOC1CCN(C(=NC)NC2CC2c2ccccc2C)CC1.I. The average molecular weight is 443 g/mol. The van der Waals surface area contributed by atoms with E-state index in [4.69, 9.17) is 4.74 Å². The standard InChI is InChI=1S/C19H29N3O.HI/c1-4-23-15-9-11-22(12-10-15)19(20-3)21-18-13-17(18)16-8-6-5-7-14(16)2;/h5-8,15,17-18H,4,9-13H2,1-3H3,(H,20,21);1H. The molecule has 1 heterocycles. The molecular weight excluding hydrogens is 413 g/mol. The average Bonchev–Trinajstić information content (AvgIpc) is 3.33. The first-order chi connectivity index (χ1) is 11.2. The Hall–Kier alpha value is -0.820. The first kappa shape index (κ1) is 19.5. The highest BCUT2D eigenvalue weighted by atomic mass is 127. The third-order valence-electron chi connectivity index (χ3n) is 5.05. The molecule has 2 aliphatic rings. The number of likely N-dealkylation sites (tertiary alicyclic amines) is 1. The van der Waals surface area contributed by atoms with Crippen molar-refractivity contribution in [3.63, 3.8) is 0 Å². The second-order valence-electron chi connectivity index (χ2n) is 6.64. The lowest BCUT2D eigenvalue weighted by atomic mass is 10.0. The number of benzene rings is 1. The van der Waals surface area contributed by atoms with Crippen molar-refractivity contribution in [2.24, 2.45) is 4.99 Å². The summed E-state index contributed by atoms with van der Waals surface area (Å²) in [5.41, 5.74) is 2.88. The van der Waals surface area contributed by atoms with Gasteiger partial charge in [0.1, 0.15) is 0 Å². The Labute approximate surface area is 163 Å². The highest BCUT2D eigenvalue weighted by molar-refractivity contribution is 14.0. The summed E-state index contributed by atoms with van der Waals surface area (Å²) in [5.74, 6) is 1.69. The summed E-state index contributed by atoms with van der Waals surface area (Å²) >= 11 is 0. The monoisotopic (exact) mass is 443 g/mol. The normalized spacial score (nSPS) is 24.5. The molecule has 3 rings (SSSR count). The van der Waals surface area contributed by atoms with Crippen LogP contribution < -0.4 is 5.32 Å². The Morgan fingerprint density at radius 3 is 2.62 bits per heavy atom. The minimum Gasteiger partial charge on any atom is -0.378 e. The fourth-order valence-electron chi connectivity index (χ4n) is 3.63. The maximum Gasteiger partial charge on any atom is 0.193 e. The fraction of sp³-hybridized carbons (Fsp3) is 0.632. The van der Waals surface area contributed by atoms with Crippen molar-refractivity contribution < 1.29 is 4.74 Å². The van der Waals surface area contributed by atoms with Gasteiger partial charge in [0, 0.05) is 38.7 Å². The number of aryl methyl sites for hydroxylation is 1. The lowest BCUT2D eigenvalue weighted by molar-refractivity contribution is 0.0263. The van der Waals surface area contributed by atoms with Crippen molar-refractivity contribution in [1.82, 2.24) is 10.2 Å². The molecule has 5 heteroatoms. The van der Waals surface area contributed by atoms with Gasteiger partial charge in [-0.2, -0.15) is 0 Å². The van der Waals surface area contributed by atoms with Gasteiger partial charge < -0.3 is 15.0 Å². The van der Waals surface area contributed by atoms with Gasteiger partial charge in [-0.05, 0) is 44.2 Å². The summed E-state index contributed by atoms with van der Waals surface area (Å²) in [6.07, 6.45) is 3.83. The molecule has 24 heavy (non-hydrogen) atoms. The first-order valence-electron chi connectivity index (χ1n) is 8.88. The van der Waals surface area contributed by atoms with E-state index in [1.807, 2.05) is 7.05 Å². The number of hydrogen-bond donors (Lipinski definition) is 1. The summed E-state index contributed by atoms with van der Waals surface area (Å²) in [6, 6.07) is 9.26. The molecule has 2 fully saturated rings. The smallest absolute Gasteiger partial charge is 0.193 e. The number of nitrogens with one attached hydrogen (secondary N) is 1. The Bertz CT molecular complexity index is 555. The maximum absolute atomic E-state index is 5.74. The van der Waals surface area contributed by atoms with Crippen molar-refractivity contribution in [2.45, 2.75) is 51.2 Å². The Kier molecular flexibility index (Phi) is 7.34. The van der Waals surface area contributed by atoms with Crippen LogP contribution in [0.1, 0.15) is 43.2 Å². The van der Waals surface area contributed by atoms with Crippen molar-refractivity contribution in [1.29, 1.82) is 0 Å². The zero-order valence-corrected chi connectivity index (χ0v) is 17.3. The van der Waals surface area contributed by atoms with Crippen LogP contribution in [0.15, 0.2) is 29.3 Å². The van der Waals surface area contributed by atoms with Gasteiger partial charge in [0.25, 0.3) is 0 Å². The van der Waals surface area contributed by atoms with E-state index in [-0.39, 0.29) is 24.0 Å². The van der Waals surface area contributed by atoms with Crippen LogP contribution in [-0.4, -0.2) is 49.7 Å². The summed E-state index contributed by atoms with van der Waals surface area (Å²) < 4.78 is 5.74. The van der Waals surface area contributed by atoms with Gasteiger partial charge >= 0.3 is 0 Å². The molecule has 134 valence electrons. The molecule has 4 nitrogen and oxygen atoms in total. The van der Waals surface area contributed by atoms with E-state index in [2.05, 4.69) is 53.3 Å². The molecule has 0 spiro atoms. The Morgan fingerprint density at radius 2 is 2.00 bits per heavy atom. The van der Waals surface area contributed by atoms with Gasteiger partial charge in [0.15, 0.2) is 5.96 Å². The predicted molar refractivity (Wildman–Crippen MR) is 110 cm³/mol. The fourth-order valence-corrected chi connectivity index (χ4v) is 3.63. The Balaban J connectivity index is 0.00000208. The van der Waals surface area contributed by atoms with Crippen LogP contribution in [0.5, 0.6) is 0 Å². The molecule has 2 unspecified atom stereocenters. The third-order valence-corrected chi connectivity index (χ3v) is 5.05. The second-order valence-corrected chi connectivity index (χ2v) is 6.64. The number of guanidine groups is 1. The summed E-state index contributed by atoms with van der Waals surface area (Å²) in [4.78, 5) is 6.88. The molecule has 0 radical (unpaired) electrons. The molecule has 1 aliphatic heterocycles. The lowest BCUT2D eigenvalue weighted by Gasteiger charge is -2.34. The zero-order chi connectivity index (χ0) is 16.2. The van der Waals surface area contributed by atoms with Crippen LogP contribution in [-0.2, 0) is 4.74 Å². The lowest BCUT2D eigenvalue weighted by Crippen LogP contribution is -2.47. The van der Waals surface area contributed by atoms with Crippen LogP contribution >= 0.6 is 24.0 Å². The summed E-state index contributed by atoms with van der Waals surface area (Å²) in [6.45, 7) is 7.17. The second kappa shape index (κ2) is 9.04. The van der Waals surface area contributed by atoms with E-state index in [0.29, 0.717) is 18.1 Å². The molecule has 1 aliphatic carbocycles. The molecule has 1 aromatic rings. The van der Waals surface area contributed by atoms with E-state index in [0.717, 1.165) is 38.5 Å². The molecule has 1 saturated carbocycles. The molecule has 1 N–H and O–H groups in total. The number of hydrogen-bond acceptors (Lipinski definition) is 2. The van der Waals surface area contributed by atoms with E-state index in [1.165, 1.54) is 17.5 Å². The van der Waals surface area contributed by atoms with Crippen LogP contribution in [0, 0.1) is 6.92 Å². The summed E-state index contributed by atoms with van der Waals surface area (Å²) in [5, 5.41) is 3.67. The van der Waals surface area contributed by atoms with Gasteiger partial charge in [-0.1, -0.05) is 24.3 Å². The van der Waals surface area contributed by atoms with Gasteiger partial charge in [-0.15, -0.1) is 24.0 Å². The topological polar surface area (TPSA) is 36.9 Å². The van der Waals surface area contributed by atoms with E-state index in [1.54, 1.807) is 0 Å². The van der Waals surface area contributed by atoms with Crippen LogP contribution in [0.2, 0.25) is 0 Å². The zero-order valence-electron chi connectivity index (χ0n) is 15.0. The highest BCUT2D eigenvalue weighted by Crippen LogP contribution is 2.42. The number of rotatable bonds is 4. The van der Waals surface area contributed by atoms with Crippen LogP contribution in [0.25, 0.3) is 0 Å².